The molecule has 152 valence electrons. The fourth-order valence-corrected chi connectivity index (χ4v) is 3.87. The maximum Gasteiger partial charge on any atom is 0.347 e. The number of aryl methyl sites for hydroxylation is 1. The Balaban J connectivity index is 1.80. The van der Waals surface area contributed by atoms with Gasteiger partial charge in [-0.1, -0.05) is 53.5 Å². The fourth-order valence-electron chi connectivity index (χ4n) is 3.39. The standard InChI is InChI=1S/C23H14Cl2N4O2/c1-13-10-15(24)11-16-20(13)27-22(31-23(16)30)19-12-18(14-6-3-2-4-7-14)28-29(19)21-17(25)8-5-9-26-21/h2-12H,1H3. The number of pyridine rings is 1. The highest BCUT2D eigenvalue weighted by Gasteiger charge is 2.20. The summed E-state index contributed by atoms with van der Waals surface area (Å²) in [6.45, 7) is 1.84. The van der Waals surface area contributed by atoms with Crippen LogP contribution in [0.25, 0.3) is 39.6 Å². The number of halogens is 2. The molecule has 2 aromatic carbocycles. The summed E-state index contributed by atoms with van der Waals surface area (Å²) in [5.74, 6) is 0.512. The Hall–Kier alpha value is -3.48. The van der Waals surface area contributed by atoms with Gasteiger partial charge in [0.25, 0.3) is 0 Å². The topological polar surface area (TPSA) is 73.8 Å². The molecule has 0 bridgehead atoms. The van der Waals surface area contributed by atoms with Crippen molar-refractivity contribution in [2.75, 3.05) is 0 Å². The van der Waals surface area contributed by atoms with Crippen LogP contribution < -0.4 is 5.63 Å². The summed E-state index contributed by atoms with van der Waals surface area (Å²) in [6, 6.07) is 18.2. The van der Waals surface area contributed by atoms with Gasteiger partial charge in [0.15, 0.2) is 5.82 Å². The molecule has 3 aromatic heterocycles. The summed E-state index contributed by atoms with van der Waals surface area (Å²) in [6.07, 6.45) is 1.62. The zero-order valence-corrected chi connectivity index (χ0v) is 17.7. The van der Waals surface area contributed by atoms with E-state index in [1.165, 1.54) is 4.68 Å². The van der Waals surface area contributed by atoms with E-state index in [2.05, 4.69) is 15.1 Å². The monoisotopic (exact) mass is 448 g/mol. The first-order valence-corrected chi connectivity index (χ1v) is 10.1. The summed E-state index contributed by atoms with van der Waals surface area (Å²) < 4.78 is 7.12. The largest absolute Gasteiger partial charge is 0.401 e. The molecule has 0 aliphatic carbocycles. The van der Waals surface area contributed by atoms with E-state index in [9.17, 15) is 4.79 Å². The van der Waals surface area contributed by atoms with Crippen LogP contribution in [-0.4, -0.2) is 19.7 Å². The van der Waals surface area contributed by atoms with Gasteiger partial charge in [0.1, 0.15) is 5.69 Å². The van der Waals surface area contributed by atoms with E-state index < -0.39 is 5.63 Å². The predicted molar refractivity (Wildman–Crippen MR) is 121 cm³/mol. The minimum absolute atomic E-state index is 0.110. The van der Waals surface area contributed by atoms with Gasteiger partial charge in [0.2, 0.25) is 5.89 Å². The Morgan fingerprint density at radius 3 is 2.58 bits per heavy atom. The lowest BCUT2D eigenvalue weighted by Crippen LogP contribution is -2.08. The molecule has 0 fully saturated rings. The van der Waals surface area contributed by atoms with Gasteiger partial charge in [-0.3, -0.25) is 0 Å². The van der Waals surface area contributed by atoms with E-state index in [1.807, 2.05) is 37.3 Å². The van der Waals surface area contributed by atoms with Crippen molar-refractivity contribution in [2.24, 2.45) is 0 Å². The quantitative estimate of drug-likeness (QED) is 0.352. The van der Waals surface area contributed by atoms with Crippen LogP contribution in [0.1, 0.15) is 5.56 Å². The smallest absolute Gasteiger partial charge is 0.347 e. The minimum Gasteiger partial charge on any atom is -0.401 e. The van der Waals surface area contributed by atoms with Crippen LogP contribution in [0.2, 0.25) is 10.0 Å². The van der Waals surface area contributed by atoms with Crippen LogP contribution in [-0.2, 0) is 0 Å². The summed E-state index contributed by atoms with van der Waals surface area (Å²) in [5, 5.41) is 5.85. The highest BCUT2D eigenvalue weighted by Crippen LogP contribution is 2.30. The first-order chi connectivity index (χ1) is 15.0. The maximum absolute atomic E-state index is 12.7. The molecule has 0 amide bonds. The SMILES string of the molecule is Cc1cc(Cl)cc2c(=O)oc(-c3cc(-c4ccccc4)nn3-c3ncccc3Cl)nc12. The summed E-state index contributed by atoms with van der Waals surface area (Å²) in [5.41, 5.74) is 2.74. The zero-order valence-electron chi connectivity index (χ0n) is 16.2. The van der Waals surface area contributed by atoms with Gasteiger partial charge in [0.05, 0.1) is 21.6 Å². The number of aromatic nitrogens is 4. The number of rotatable bonds is 3. The second-order valence-corrected chi connectivity index (χ2v) is 7.77. The lowest BCUT2D eigenvalue weighted by Gasteiger charge is -2.08. The zero-order chi connectivity index (χ0) is 21.5. The second-order valence-electron chi connectivity index (χ2n) is 6.93. The summed E-state index contributed by atoms with van der Waals surface area (Å²) in [4.78, 5) is 21.7. The van der Waals surface area contributed by atoms with Crippen molar-refractivity contribution in [3.8, 4) is 28.7 Å². The molecular weight excluding hydrogens is 435 g/mol. The molecule has 5 aromatic rings. The Bertz CT molecular complexity index is 1490. The van der Waals surface area contributed by atoms with Crippen molar-refractivity contribution in [1.82, 2.24) is 19.7 Å². The van der Waals surface area contributed by atoms with Gasteiger partial charge in [-0.15, -0.1) is 0 Å². The number of benzene rings is 2. The number of hydrogen-bond acceptors (Lipinski definition) is 5. The van der Waals surface area contributed by atoms with E-state index in [0.29, 0.717) is 38.2 Å². The molecule has 0 saturated carbocycles. The van der Waals surface area contributed by atoms with E-state index in [-0.39, 0.29) is 5.89 Å². The second kappa shape index (κ2) is 7.65. The number of nitrogens with zero attached hydrogens (tertiary/aromatic N) is 4. The van der Waals surface area contributed by atoms with Crippen LogP contribution in [0.5, 0.6) is 0 Å². The molecule has 31 heavy (non-hydrogen) atoms. The van der Waals surface area contributed by atoms with Crippen LogP contribution in [0.3, 0.4) is 0 Å². The Kier molecular flexibility index (Phi) is 4.81. The van der Waals surface area contributed by atoms with Gasteiger partial charge in [-0.05, 0) is 42.8 Å². The third-order valence-corrected chi connectivity index (χ3v) is 5.34. The summed E-state index contributed by atoms with van der Waals surface area (Å²) in [7, 11) is 0. The van der Waals surface area contributed by atoms with Gasteiger partial charge in [-0.2, -0.15) is 5.10 Å². The van der Waals surface area contributed by atoms with Crippen molar-refractivity contribution >= 4 is 34.1 Å². The van der Waals surface area contributed by atoms with Crippen molar-refractivity contribution in [1.29, 1.82) is 0 Å². The molecule has 0 radical (unpaired) electrons. The third kappa shape index (κ3) is 3.50. The Morgan fingerprint density at radius 1 is 1.00 bits per heavy atom. The van der Waals surface area contributed by atoms with E-state index in [1.54, 1.807) is 36.5 Å². The molecule has 8 heteroatoms. The molecule has 0 unspecified atom stereocenters. The normalized spacial score (nSPS) is 11.2. The van der Waals surface area contributed by atoms with Crippen LogP contribution >= 0.6 is 23.2 Å². The molecule has 0 spiro atoms. The van der Waals surface area contributed by atoms with Crippen molar-refractivity contribution in [2.45, 2.75) is 6.92 Å². The predicted octanol–water partition coefficient (Wildman–Crippen LogP) is 5.72. The van der Waals surface area contributed by atoms with E-state index >= 15 is 0 Å². The number of hydrogen-bond donors (Lipinski definition) is 0. The Labute approximate surface area is 186 Å². The highest BCUT2D eigenvalue weighted by atomic mass is 35.5. The lowest BCUT2D eigenvalue weighted by atomic mass is 10.1. The van der Waals surface area contributed by atoms with Gasteiger partial charge >= 0.3 is 5.63 Å². The van der Waals surface area contributed by atoms with E-state index in [4.69, 9.17) is 27.6 Å². The third-order valence-electron chi connectivity index (χ3n) is 4.83. The van der Waals surface area contributed by atoms with Gasteiger partial charge < -0.3 is 4.42 Å². The molecule has 6 nitrogen and oxygen atoms in total. The molecule has 0 saturated heterocycles. The first kappa shape index (κ1) is 19.5. The average molecular weight is 449 g/mol. The molecule has 0 atom stereocenters. The minimum atomic E-state index is -0.535. The molecular formula is C23H14Cl2N4O2. The molecule has 0 aliphatic heterocycles. The first-order valence-electron chi connectivity index (χ1n) is 9.39. The number of fused-ring (bicyclic) bond motifs is 1. The lowest BCUT2D eigenvalue weighted by molar-refractivity contribution is 0.513. The fraction of sp³-hybridized carbons (Fsp3) is 0.0435. The molecule has 3 heterocycles. The Morgan fingerprint density at radius 2 is 1.81 bits per heavy atom. The van der Waals surface area contributed by atoms with Gasteiger partial charge in [0, 0.05) is 16.8 Å². The van der Waals surface area contributed by atoms with Gasteiger partial charge in [-0.25, -0.2) is 19.4 Å². The van der Waals surface area contributed by atoms with Crippen molar-refractivity contribution in [3.63, 3.8) is 0 Å². The van der Waals surface area contributed by atoms with Crippen LogP contribution in [0, 0.1) is 6.92 Å². The summed E-state index contributed by atoms with van der Waals surface area (Å²) >= 11 is 12.5. The molecule has 5 rings (SSSR count). The maximum atomic E-state index is 12.7. The van der Waals surface area contributed by atoms with Crippen LogP contribution in [0.4, 0.5) is 0 Å². The molecule has 0 N–H and O–H groups in total. The van der Waals surface area contributed by atoms with Crippen molar-refractivity contribution in [3.05, 3.63) is 92.9 Å². The average Bonchev–Trinajstić information content (AvgIpc) is 3.20. The highest BCUT2D eigenvalue weighted by molar-refractivity contribution is 6.32. The van der Waals surface area contributed by atoms with Crippen LogP contribution in [0.15, 0.2) is 76.1 Å². The molecule has 0 aliphatic rings. The van der Waals surface area contributed by atoms with E-state index in [0.717, 1.165) is 11.1 Å². The van der Waals surface area contributed by atoms with Crippen molar-refractivity contribution < 1.29 is 4.42 Å².